The van der Waals surface area contributed by atoms with Crippen LogP contribution in [0.15, 0.2) is 143 Å². The standard InChI is InChI=1S/C49H51N3O6S/c1-33-43(32-59-49-52-45(37-14-6-3-7-15-37)47(58-49)38-16-8-4-9-17-38)56-48(57-46(33)39-23-21-35(31-53)22-24-39)40-27-25-36(26-28-40)42-19-12-11-18-41(42)30-51-44(55)20-10-5-13-29-50-34(2)54/h3-4,6-9,11-12,14-19,21-28,33,43,46,48,53H,5,10,13,20,29-32H2,1-2H3,(H,50,54)(H,51,55)/t33-,43+,46+,48+/m0/s1. The summed E-state index contributed by atoms with van der Waals surface area (Å²) in [5.74, 6) is 1.29. The molecule has 2 amide bonds. The highest BCUT2D eigenvalue weighted by Crippen LogP contribution is 2.44. The van der Waals surface area contributed by atoms with Crippen molar-refractivity contribution in [3.05, 3.63) is 156 Å². The normalized spacial score (nSPS) is 17.7. The zero-order chi connectivity index (χ0) is 41.0. The third-order valence-corrected chi connectivity index (χ3v) is 11.5. The smallest absolute Gasteiger partial charge is 0.256 e. The van der Waals surface area contributed by atoms with Crippen LogP contribution in [0.3, 0.4) is 0 Å². The first-order valence-corrected chi connectivity index (χ1v) is 21.3. The number of rotatable bonds is 17. The Bertz CT molecular complexity index is 2210. The SMILES string of the molecule is CC(=O)NCCCCCC(=O)NCc1ccccc1-c1ccc([C@@H]2O[C@H](CSc3nc(-c4ccccc4)c(-c4ccccc4)o3)[C@H](C)[C@H](c3ccc(CO)cc3)O2)cc1. The second-order valence-corrected chi connectivity index (χ2v) is 15.8. The van der Waals surface area contributed by atoms with Crippen molar-refractivity contribution >= 4 is 23.6 Å². The Kier molecular flexibility index (Phi) is 14.4. The van der Waals surface area contributed by atoms with Gasteiger partial charge in [-0.2, -0.15) is 0 Å². The molecule has 7 rings (SSSR count). The molecule has 9 nitrogen and oxygen atoms in total. The van der Waals surface area contributed by atoms with Crippen LogP contribution in [0.2, 0.25) is 0 Å². The molecule has 304 valence electrons. The molecule has 3 N–H and O–H groups in total. The summed E-state index contributed by atoms with van der Waals surface area (Å²) in [6.45, 7) is 4.70. The fraction of sp³-hybridized carbons (Fsp3) is 0.286. The number of hydrogen-bond acceptors (Lipinski definition) is 8. The maximum atomic E-state index is 12.7. The van der Waals surface area contributed by atoms with Gasteiger partial charge in [-0.3, -0.25) is 9.59 Å². The van der Waals surface area contributed by atoms with E-state index in [1.807, 2.05) is 103 Å². The number of aliphatic hydroxyl groups is 1. The van der Waals surface area contributed by atoms with Crippen LogP contribution in [0.4, 0.5) is 0 Å². The van der Waals surface area contributed by atoms with Gasteiger partial charge in [-0.1, -0.05) is 159 Å². The van der Waals surface area contributed by atoms with Gasteiger partial charge in [0.2, 0.25) is 11.8 Å². The highest BCUT2D eigenvalue weighted by Gasteiger charge is 2.39. The number of carbonyl (C=O) groups is 2. The molecule has 1 saturated heterocycles. The van der Waals surface area contributed by atoms with Crippen molar-refractivity contribution in [1.29, 1.82) is 0 Å². The number of carbonyl (C=O) groups excluding carboxylic acids is 2. The molecule has 59 heavy (non-hydrogen) atoms. The van der Waals surface area contributed by atoms with E-state index in [4.69, 9.17) is 18.9 Å². The molecular formula is C49H51N3O6S. The number of unbranched alkanes of at least 4 members (excludes halogenated alkanes) is 2. The topological polar surface area (TPSA) is 123 Å². The van der Waals surface area contributed by atoms with E-state index in [-0.39, 0.29) is 36.5 Å². The van der Waals surface area contributed by atoms with E-state index < -0.39 is 6.29 Å². The second kappa shape index (κ2) is 20.4. The highest BCUT2D eigenvalue weighted by atomic mass is 32.2. The van der Waals surface area contributed by atoms with E-state index >= 15 is 0 Å². The first kappa shape index (κ1) is 41.6. The molecule has 1 aromatic heterocycles. The van der Waals surface area contributed by atoms with E-state index in [0.29, 0.717) is 30.5 Å². The molecular weight excluding hydrogens is 759 g/mol. The van der Waals surface area contributed by atoms with Gasteiger partial charge < -0.3 is 29.6 Å². The largest absolute Gasteiger partial charge is 0.431 e. The summed E-state index contributed by atoms with van der Waals surface area (Å²) in [7, 11) is 0. The molecule has 6 aromatic rings. The molecule has 0 saturated carbocycles. The zero-order valence-electron chi connectivity index (χ0n) is 33.5. The van der Waals surface area contributed by atoms with Crippen molar-refractivity contribution in [2.45, 2.75) is 76.4 Å². The van der Waals surface area contributed by atoms with Gasteiger partial charge in [0.15, 0.2) is 12.1 Å². The number of hydrogen-bond donors (Lipinski definition) is 3. The van der Waals surface area contributed by atoms with Gasteiger partial charge in [0, 0.05) is 54.8 Å². The molecule has 0 aliphatic carbocycles. The maximum absolute atomic E-state index is 12.7. The zero-order valence-corrected chi connectivity index (χ0v) is 34.3. The molecule has 0 bridgehead atoms. The van der Waals surface area contributed by atoms with Crippen LogP contribution in [-0.2, 0) is 32.2 Å². The molecule has 4 atom stereocenters. The molecule has 10 heteroatoms. The average Bonchev–Trinajstić information content (AvgIpc) is 3.72. The first-order valence-electron chi connectivity index (χ1n) is 20.3. The van der Waals surface area contributed by atoms with Gasteiger partial charge in [-0.05, 0) is 40.7 Å². The van der Waals surface area contributed by atoms with Crippen molar-refractivity contribution in [3.63, 3.8) is 0 Å². The third-order valence-electron chi connectivity index (χ3n) is 10.6. The summed E-state index contributed by atoms with van der Waals surface area (Å²) in [5, 5.41) is 16.2. The minimum absolute atomic E-state index is 0.0130. The van der Waals surface area contributed by atoms with E-state index in [0.717, 1.165) is 75.2 Å². The summed E-state index contributed by atoms with van der Waals surface area (Å²) in [5.41, 5.74) is 8.60. The number of nitrogens with zero attached hydrogens (tertiary/aromatic N) is 1. The number of benzene rings is 5. The summed E-state index contributed by atoms with van der Waals surface area (Å²) in [6, 6.07) is 44.4. The third kappa shape index (κ3) is 11.0. The van der Waals surface area contributed by atoms with Crippen molar-refractivity contribution < 1.29 is 28.6 Å². The van der Waals surface area contributed by atoms with Crippen molar-refractivity contribution in [2.75, 3.05) is 12.3 Å². The second-order valence-electron chi connectivity index (χ2n) is 14.9. The Morgan fingerprint density at radius 1 is 0.729 bits per heavy atom. The van der Waals surface area contributed by atoms with Crippen molar-refractivity contribution in [3.8, 4) is 33.7 Å². The van der Waals surface area contributed by atoms with Crippen molar-refractivity contribution in [2.24, 2.45) is 5.92 Å². The molecule has 0 unspecified atom stereocenters. The number of aromatic nitrogens is 1. The lowest BCUT2D eigenvalue weighted by Crippen LogP contribution is -2.38. The minimum Gasteiger partial charge on any atom is -0.431 e. The van der Waals surface area contributed by atoms with Gasteiger partial charge >= 0.3 is 0 Å². The minimum atomic E-state index is -0.634. The number of aliphatic hydroxyl groups excluding tert-OH is 1. The molecule has 1 aliphatic heterocycles. The fourth-order valence-corrected chi connectivity index (χ4v) is 8.30. The van der Waals surface area contributed by atoms with Crippen LogP contribution in [0, 0.1) is 5.92 Å². The maximum Gasteiger partial charge on any atom is 0.256 e. The molecule has 1 fully saturated rings. The van der Waals surface area contributed by atoms with Gasteiger partial charge in [0.05, 0.1) is 18.8 Å². The van der Waals surface area contributed by atoms with Gasteiger partial charge in [-0.15, -0.1) is 0 Å². The first-order chi connectivity index (χ1) is 28.9. The lowest BCUT2D eigenvalue weighted by Gasteiger charge is -2.41. The quantitative estimate of drug-likeness (QED) is 0.0615. The average molecular weight is 810 g/mol. The van der Waals surface area contributed by atoms with E-state index in [1.54, 1.807) is 0 Å². The Hall–Kier alpha value is -5.52. The van der Waals surface area contributed by atoms with E-state index in [2.05, 4.69) is 47.9 Å². The predicted octanol–water partition coefficient (Wildman–Crippen LogP) is 10.1. The number of ether oxygens (including phenoxy) is 2. The van der Waals surface area contributed by atoms with E-state index in [9.17, 15) is 14.7 Å². The summed E-state index contributed by atoms with van der Waals surface area (Å²) >= 11 is 1.54. The summed E-state index contributed by atoms with van der Waals surface area (Å²) < 4.78 is 20.0. The Balaban J connectivity index is 1.06. The number of oxazole rings is 1. The van der Waals surface area contributed by atoms with E-state index in [1.165, 1.54) is 18.7 Å². The predicted molar refractivity (Wildman–Crippen MR) is 232 cm³/mol. The van der Waals surface area contributed by atoms with Gasteiger partial charge in [0.1, 0.15) is 5.69 Å². The van der Waals surface area contributed by atoms with Crippen LogP contribution >= 0.6 is 11.8 Å². The number of thioether (sulfide) groups is 1. The summed E-state index contributed by atoms with van der Waals surface area (Å²) in [6.07, 6.45) is 1.85. The van der Waals surface area contributed by atoms with Crippen LogP contribution < -0.4 is 10.6 Å². The molecule has 2 heterocycles. The molecule has 1 aliphatic rings. The van der Waals surface area contributed by atoms with Crippen LogP contribution in [0.1, 0.15) is 74.2 Å². The van der Waals surface area contributed by atoms with Crippen LogP contribution in [0.25, 0.3) is 33.7 Å². The number of amides is 2. The number of nitrogens with one attached hydrogen (secondary N) is 2. The monoisotopic (exact) mass is 809 g/mol. The van der Waals surface area contributed by atoms with Crippen LogP contribution in [0.5, 0.6) is 0 Å². The van der Waals surface area contributed by atoms with Crippen LogP contribution in [-0.4, -0.2) is 40.3 Å². The van der Waals surface area contributed by atoms with Gasteiger partial charge in [-0.25, -0.2) is 4.98 Å². The molecule has 0 radical (unpaired) electrons. The van der Waals surface area contributed by atoms with Gasteiger partial charge in [0.25, 0.3) is 5.22 Å². The summed E-state index contributed by atoms with van der Waals surface area (Å²) in [4.78, 5) is 28.7. The molecule has 5 aromatic carbocycles. The lowest BCUT2D eigenvalue weighted by molar-refractivity contribution is -0.268. The highest BCUT2D eigenvalue weighted by molar-refractivity contribution is 7.99. The Morgan fingerprint density at radius 3 is 2.12 bits per heavy atom. The Morgan fingerprint density at radius 2 is 1.41 bits per heavy atom. The fourth-order valence-electron chi connectivity index (χ4n) is 7.31. The Labute approximate surface area is 350 Å². The van der Waals surface area contributed by atoms with Crippen molar-refractivity contribution in [1.82, 2.24) is 15.6 Å². The molecule has 0 spiro atoms. The lowest BCUT2D eigenvalue weighted by atomic mass is 9.91.